The van der Waals surface area contributed by atoms with E-state index in [1.807, 2.05) is 6.92 Å². The first-order valence-corrected chi connectivity index (χ1v) is 6.74. The summed E-state index contributed by atoms with van der Waals surface area (Å²) in [5.41, 5.74) is 0.117. The molecule has 0 bridgehead atoms. The second-order valence-corrected chi connectivity index (χ2v) is 4.92. The number of benzene rings is 1. The van der Waals surface area contributed by atoms with Crippen LogP contribution >= 0.6 is 15.9 Å². The Bertz CT molecular complexity index is 387. The molecule has 1 rings (SSSR count). The molecule has 0 amide bonds. The Morgan fingerprint density at radius 2 is 2.11 bits per heavy atom. The van der Waals surface area contributed by atoms with Crippen LogP contribution in [0.5, 0.6) is 0 Å². The maximum Gasteiger partial charge on any atom is 0.143 e. The molecule has 18 heavy (non-hydrogen) atoms. The summed E-state index contributed by atoms with van der Waals surface area (Å²) in [7, 11) is 1.61. The van der Waals surface area contributed by atoms with Crippen molar-refractivity contribution in [3.8, 4) is 0 Å². The van der Waals surface area contributed by atoms with E-state index < -0.39 is 11.6 Å². The summed E-state index contributed by atoms with van der Waals surface area (Å²) in [6, 6.07) is 2.67. The largest absolute Gasteiger partial charge is 0.385 e. The lowest BCUT2D eigenvalue weighted by Crippen LogP contribution is -2.32. The first-order chi connectivity index (χ1) is 8.60. The Balaban J connectivity index is 2.82. The van der Waals surface area contributed by atoms with E-state index in [0.29, 0.717) is 17.5 Å². The Morgan fingerprint density at radius 3 is 2.72 bits per heavy atom. The van der Waals surface area contributed by atoms with Crippen LogP contribution in [0.4, 0.5) is 8.78 Å². The third kappa shape index (κ3) is 4.30. The van der Waals surface area contributed by atoms with Crippen molar-refractivity contribution in [2.24, 2.45) is 0 Å². The van der Waals surface area contributed by atoms with Crippen molar-refractivity contribution in [1.29, 1.82) is 0 Å². The highest BCUT2D eigenvalue weighted by Crippen LogP contribution is 2.23. The lowest BCUT2D eigenvalue weighted by Gasteiger charge is -2.18. The predicted molar refractivity (Wildman–Crippen MR) is 71.7 cm³/mol. The van der Waals surface area contributed by atoms with Crippen LogP contribution in [0.3, 0.4) is 0 Å². The highest BCUT2D eigenvalue weighted by molar-refractivity contribution is 9.10. The van der Waals surface area contributed by atoms with E-state index >= 15 is 0 Å². The molecule has 1 atom stereocenters. The number of nitrogens with one attached hydrogen (secondary N) is 1. The molecule has 5 heteroatoms. The zero-order valence-electron chi connectivity index (χ0n) is 10.6. The fourth-order valence-electron chi connectivity index (χ4n) is 1.83. The standard InChI is InChI=1S/C13H18BrF2NO/c1-3-17-9(6-7-18-2)8-10-12(15)5-4-11(14)13(10)16/h4-5,9,17H,3,6-8H2,1-2H3. The molecule has 102 valence electrons. The number of likely N-dealkylation sites (N-methyl/N-ethyl adjacent to an activating group) is 1. The lowest BCUT2D eigenvalue weighted by atomic mass is 10.0. The zero-order chi connectivity index (χ0) is 13.5. The maximum absolute atomic E-state index is 13.8. The van der Waals surface area contributed by atoms with Crippen LogP contribution in [-0.4, -0.2) is 26.3 Å². The van der Waals surface area contributed by atoms with E-state index in [9.17, 15) is 8.78 Å². The molecule has 0 aromatic heterocycles. The van der Waals surface area contributed by atoms with E-state index in [1.54, 1.807) is 7.11 Å². The number of hydrogen-bond donors (Lipinski definition) is 1. The lowest BCUT2D eigenvalue weighted by molar-refractivity contribution is 0.182. The third-order valence-electron chi connectivity index (χ3n) is 2.75. The summed E-state index contributed by atoms with van der Waals surface area (Å²) in [6.07, 6.45) is 1.03. The number of halogens is 3. The van der Waals surface area contributed by atoms with Crippen molar-refractivity contribution in [1.82, 2.24) is 5.32 Å². The van der Waals surface area contributed by atoms with Crippen LogP contribution in [0.25, 0.3) is 0 Å². The van der Waals surface area contributed by atoms with Crippen molar-refractivity contribution < 1.29 is 13.5 Å². The van der Waals surface area contributed by atoms with Crippen LogP contribution < -0.4 is 5.32 Å². The molecule has 1 unspecified atom stereocenters. The van der Waals surface area contributed by atoms with Gasteiger partial charge in [-0.05, 0) is 47.4 Å². The predicted octanol–water partition coefficient (Wildman–Crippen LogP) is 3.28. The van der Waals surface area contributed by atoms with Gasteiger partial charge in [-0.25, -0.2) is 8.78 Å². The van der Waals surface area contributed by atoms with Crippen LogP contribution in [0.1, 0.15) is 18.9 Å². The summed E-state index contributed by atoms with van der Waals surface area (Å²) >= 11 is 3.08. The second-order valence-electron chi connectivity index (χ2n) is 4.06. The first kappa shape index (κ1) is 15.5. The van der Waals surface area contributed by atoms with Crippen LogP contribution in [0, 0.1) is 11.6 Å². The fraction of sp³-hybridized carbons (Fsp3) is 0.538. The SMILES string of the molecule is CCNC(CCOC)Cc1c(F)ccc(Br)c1F. The Labute approximate surface area is 115 Å². The summed E-state index contributed by atoms with van der Waals surface area (Å²) in [5.74, 6) is -1.02. The van der Waals surface area contributed by atoms with Crippen molar-refractivity contribution >= 4 is 15.9 Å². The van der Waals surface area contributed by atoms with Gasteiger partial charge < -0.3 is 10.1 Å². The van der Waals surface area contributed by atoms with Crippen molar-refractivity contribution in [3.63, 3.8) is 0 Å². The van der Waals surface area contributed by atoms with Gasteiger partial charge in [0, 0.05) is 25.3 Å². The molecule has 0 heterocycles. The van der Waals surface area contributed by atoms with E-state index in [4.69, 9.17) is 4.74 Å². The minimum Gasteiger partial charge on any atom is -0.385 e. The monoisotopic (exact) mass is 321 g/mol. The first-order valence-electron chi connectivity index (χ1n) is 5.94. The van der Waals surface area contributed by atoms with Gasteiger partial charge in [-0.15, -0.1) is 0 Å². The number of methoxy groups -OCH3 is 1. The average molecular weight is 322 g/mol. The highest BCUT2D eigenvalue weighted by atomic mass is 79.9. The molecule has 0 aliphatic rings. The molecule has 1 aromatic rings. The molecule has 1 N–H and O–H groups in total. The van der Waals surface area contributed by atoms with Crippen molar-refractivity contribution in [2.75, 3.05) is 20.3 Å². The van der Waals surface area contributed by atoms with Gasteiger partial charge in [0.05, 0.1) is 4.47 Å². The van der Waals surface area contributed by atoms with Crippen LogP contribution in [0.2, 0.25) is 0 Å². The Hall–Kier alpha value is -0.520. The van der Waals surface area contributed by atoms with Gasteiger partial charge in [-0.2, -0.15) is 0 Å². The van der Waals surface area contributed by atoms with Crippen molar-refractivity contribution in [2.45, 2.75) is 25.8 Å². The number of hydrogen-bond acceptors (Lipinski definition) is 2. The molecule has 2 nitrogen and oxygen atoms in total. The number of rotatable bonds is 7. The topological polar surface area (TPSA) is 21.3 Å². The molecule has 1 aromatic carbocycles. The van der Waals surface area contributed by atoms with Gasteiger partial charge in [0.1, 0.15) is 11.6 Å². The average Bonchev–Trinajstić information content (AvgIpc) is 2.36. The van der Waals surface area contributed by atoms with E-state index in [1.165, 1.54) is 12.1 Å². The fourth-order valence-corrected chi connectivity index (χ4v) is 2.20. The minimum atomic E-state index is -0.518. The second kappa shape index (κ2) is 7.81. The summed E-state index contributed by atoms with van der Waals surface area (Å²) in [5, 5.41) is 3.21. The van der Waals surface area contributed by atoms with Gasteiger partial charge in [-0.1, -0.05) is 6.92 Å². The summed E-state index contributed by atoms with van der Waals surface area (Å²) < 4.78 is 32.8. The Morgan fingerprint density at radius 1 is 1.39 bits per heavy atom. The molecule has 0 aliphatic heterocycles. The molecule has 0 radical (unpaired) electrons. The van der Waals surface area contributed by atoms with Gasteiger partial charge in [0.25, 0.3) is 0 Å². The highest BCUT2D eigenvalue weighted by Gasteiger charge is 2.17. The van der Waals surface area contributed by atoms with E-state index in [2.05, 4.69) is 21.2 Å². The third-order valence-corrected chi connectivity index (χ3v) is 3.37. The molecule has 0 saturated heterocycles. The minimum absolute atomic E-state index is 0.00764. The molecule has 0 aliphatic carbocycles. The smallest absolute Gasteiger partial charge is 0.143 e. The normalized spacial score (nSPS) is 12.7. The molecule has 0 fully saturated rings. The summed E-state index contributed by atoms with van der Waals surface area (Å²) in [4.78, 5) is 0. The van der Waals surface area contributed by atoms with Crippen LogP contribution in [-0.2, 0) is 11.2 Å². The van der Waals surface area contributed by atoms with Crippen molar-refractivity contribution in [3.05, 3.63) is 33.8 Å². The van der Waals surface area contributed by atoms with Gasteiger partial charge >= 0.3 is 0 Å². The Kier molecular flexibility index (Phi) is 6.75. The van der Waals surface area contributed by atoms with Gasteiger partial charge in [-0.3, -0.25) is 0 Å². The number of ether oxygens (including phenoxy) is 1. The van der Waals surface area contributed by atoms with E-state index in [0.717, 1.165) is 13.0 Å². The van der Waals surface area contributed by atoms with Crippen LogP contribution in [0.15, 0.2) is 16.6 Å². The van der Waals surface area contributed by atoms with E-state index in [-0.39, 0.29) is 11.6 Å². The molecule has 0 saturated carbocycles. The summed E-state index contributed by atoms with van der Waals surface area (Å²) in [6.45, 7) is 3.29. The maximum atomic E-state index is 13.8. The van der Waals surface area contributed by atoms with Gasteiger partial charge in [0.15, 0.2) is 0 Å². The molecule has 0 spiro atoms. The molecular formula is C13H18BrF2NO. The quantitative estimate of drug-likeness (QED) is 0.778. The van der Waals surface area contributed by atoms with Gasteiger partial charge in [0.2, 0.25) is 0 Å². The molecular weight excluding hydrogens is 304 g/mol. The zero-order valence-corrected chi connectivity index (χ0v) is 12.2.